The summed E-state index contributed by atoms with van der Waals surface area (Å²) in [6.45, 7) is 1.99. The highest BCUT2D eigenvalue weighted by atomic mass is 79.9. The molecule has 21 heavy (non-hydrogen) atoms. The van der Waals surface area contributed by atoms with E-state index >= 15 is 0 Å². The van der Waals surface area contributed by atoms with Crippen molar-refractivity contribution in [3.63, 3.8) is 0 Å². The fourth-order valence-corrected chi connectivity index (χ4v) is 2.48. The summed E-state index contributed by atoms with van der Waals surface area (Å²) in [5.41, 5.74) is 3.10. The van der Waals surface area contributed by atoms with Crippen LogP contribution < -0.4 is 0 Å². The highest BCUT2D eigenvalue weighted by Gasteiger charge is 2.24. The SMILES string of the molecule is Cc1cccc(C2=N/C(=C/c3cccc(Br)c3)C(=O)O2)c1. The quantitative estimate of drug-likeness (QED) is 0.609. The second-order valence-corrected chi connectivity index (χ2v) is 5.68. The van der Waals surface area contributed by atoms with Crippen molar-refractivity contribution in [3.05, 3.63) is 75.4 Å². The molecule has 1 aliphatic rings. The number of aliphatic imine (C=N–C) groups is 1. The molecule has 1 aliphatic heterocycles. The van der Waals surface area contributed by atoms with Gasteiger partial charge in [0.05, 0.1) is 0 Å². The number of esters is 1. The number of carbonyl (C=O) groups is 1. The highest BCUT2D eigenvalue weighted by molar-refractivity contribution is 9.10. The van der Waals surface area contributed by atoms with Crippen LogP contribution in [0.5, 0.6) is 0 Å². The van der Waals surface area contributed by atoms with E-state index in [-0.39, 0.29) is 0 Å². The van der Waals surface area contributed by atoms with Gasteiger partial charge in [0.2, 0.25) is 5.90 Å². The van der Waals surface area contributed by atoms with Gasteiger partial charge in [-0.15, -0.1) is 0 Å². The highest BCUT2D eigenvalue weighted by Crippen LogP contribution is 2.21. The Morgan fingerprint density at radius 3 is 2.71 bits per heavy atom. The van der Waals surface area contributed by atoms with Gasteiger partial charge in [-0.25, -0.2) is 9.79 Å². The zero-order chi connectivity index (χ0) is 14.8. The number of carbonyl (C=O) groups excluding carboxylic acids is 1. The van der Waals surface area contributed by atoms with Crippen LogP contribution >= 0.6 is 15.9 Å². The van der Waals surface area contributed by atoms with Crippen molar-refractivity contribution >= 4 is 33.9 Å². The molecule has 0 saturated heterocycles. The summed E-state index contributed by atoms with van der Waals surface area (Å²) >= 11 is 3.40. The predicted octanol–water partition coefficient (Wildman–Crippen LogP) is 4.10. The van der Waals surface area contributed by atoms with E-state index in [9.17, 15) is 4.79 Å². The number of hydrogen-bond acceptors (Lipinski definition) is 3. The van der Waals surface area contributed by atoms with Crippen molar-refractivity contribution in [2.45, 2.75) is 6.92 Å². The molecule has 0 amide bonds. The van der Waals surface area contributed by atoms with Crippen molar-refractivity contribution in [3.8, 4) is 0 Å². The van der Waals surface area contributed by atoms with E-state index in [0.717, 1.165) is 21.2 Å². The fourth-order valence-electron chi connectivity index (χ4n) is 2.06. The lowest BCUT2D eigenvalue weighted by Gasteiger charge is -1.99. The standard InChI is InChI=1S/C17H12BrNO2/c1-11-4-2-6-13(8-11)16-19-15(17(20)21-16)10-12-5-3-7-14(18)9-12/h2-10H,1H3/b15-10+. The number of aryl methyl sites for hydroxylation is 1. The lowest BCUT2D eigenvalue weighted by molar-refractivity contribution is -0.129. The maximum atomic E-state index is 11.9. The number of benzene rings is 2. The Hall–Kier alpha value is -2.20. The van der Waals surface area contributed by atoms with Crippen molar-refractivity contribution in [1.82, 2.24) is 0 Å². The van der Waals surface area contributed by atoms with Gasteiger partial charge in [-0.1, -0.05) is 45.8 Å². The van der Waals surface area contributed by atoms with E-state index in [2.05, 4.69) is 20.9 Å². The van der Waals surface area contributed by atoms with Gasteiger partial charge in [-0.05, 0) is 42.8 Å². The topological polar surface area (TPSA) is 38.7 Å². The van der Waals surface area contributed by atoms with Crippen LogP contribution in [0.1, 0.15) is 16.7 Å². The molecule has 0 aliphatic carbocycles. The Bertz CT molecular complexity index is 778. The summed E-state index contributed by atoms with van der Waals surface area (Å²) in [6.07, 6.45) is 1.72. The molecule has 2 aromatic carbocycles. The third kappa shape index (κ3) is 3.11. The van der Waals surface area contributed by atoms with Gasteiger partial charge in [-0.2, -0.15) is 0 Å². The minimum Gasteiger partial charge on any atom is -0.402 e. The Morgan fingerprint density at radius 2 is 1.95 bits per heavy atom. The van der Waals surface area contributed by atoms with Crippen molar-refractivity contribution in [2.24, 2.45) is 4.99 Å². The zero-order valence-corrected chi connectivity index (χ0v) is 12.9. The van der Waals surface area contributed by atoms with Gasteiger partial charge in [0.1, 0.15) is 0 Å². The summed E-state index contributed by atoms with van der Waals surface area (Å²) in [7, 11) is 0. The maximum Gasteiger partial charge on any atom is 0.363 e. The molecule has 0 N–H and O–H groups in total. The third-order valence-corrected chi connectivity index (χ3v) is 3.53. The van der Waals surface area contributed by atoms with E-state index in [4.69, 9.17) is 4.74 Å². The molecule has 0 radical (unpaired) electrons. The minimum absolute atomic E-state index is 0.310. The van der Waals surface area contributed by atoms with E-state index in [0.29, 0.717) is 11.6 Å². The lowest BCUT2D eigenvalue weighted by Crippen LogP contribution is -2.05. The molecule has 0 saturated carbocycles. The summed E-state index contributed by atoms with van der Waals surface area (Å²) < 4.78 is 6.20. The first-order chi connectivity index (χ1) is 10.1. The third-order valence-electron chi connectivity index (χ3n) is 3.04. The Kier molecular flexibility index (Phi) is 3.71. The molecule has 0 spiro atoms. The summed E-state index contributed by atoms with van der Waals surface area (Å²) in [4.78, 5) is 16.2. The molecule has 3 nitrogen and oxygen atoms in total. The number of ether oxygens (including phenoxy) is 1. The lowest BCUT2D eigenvalue weighted by atomic mass is 10.1. The minimum atomic E-state index is -0.425. The van der Waals surface area contributed by atoms with Gasteiger partial charge in [0.25, 0.3) is 0 Å². The molecule has 104 valence electrons. The van der Waals surface area contributed by atoms with Gasteiger partial charge >= 0.3 is 5.97 Å². The Morgan fingerprint density at radius 1 is 1.14 bits per heavy atom. The van der Waals surface area contributed by atoms with Crippen LogP contribution in [-0.4, -0.2) is 11.9 Å². The molecule has 3 rings (SSSR count). The summed E-state index contributed by atoms with van der Waals surface area (Å²) in [5.74, 6) is -0.0728. The molecule has 0 fully saturated rings. The van der Waals surface area contributed by atoms with Crippen LogP contribution in [0.25, 0.3) is 6.08 Å². The fraction of sp³-hybridized carbons (Fsp3) is 0.0588. The van der Waals surface area contributed by atoms with Crippen LogP contribution in [0, 0.1) is 6.92 Å². The normalized spacial score (nSPS) is 16.0. The van der Waals surface area contributed by atoms with Crippen LogP contribution in [0.15, 0.2) is 63.7 Å². The molecule has 2 aromatic rings. The second-order valence-electron chi connectivity index (χ2n) is 4.76. The van der Waals surface area contributed by atoms with Crippen LogP contribution in [-0.2, 0) is 9.53 Å². The zero-order valence-electron chi connectivity index (χ0n) is 11.3. The number of rotatable bonds is 2. The van der Waals surface area contributed by atoms with E-state index in [1.807, 2.05) is 55.5 Å². The van der Waals surface area contributed by atoms with Crippen LogP contribution in [0.2, 0.25) is 0 Å². The average Bonchev–Trinajstić information content (AvgIpc) is 2.80. The van der Waals surface area contributed by atoms with Crippen molar-refractivity contribution in [1.29, 1.82) is 0 Å². The molecule has 1 heterocycles. The Labute approximate surface area is 131 Å². The molecule has 0 atom stereocenters. The molecule has 0 unspecified atom stereocenters. The van der Waals surface area contributed by atoms with Crippen molar-refractivity contribution in [2.75, 3.05) is 0 Å². The van der Waals surface area contributed by atoms with Crippen molar-refractivity contribution < 1.29 is 9.53 Å². The average molecular weight is 342 g/mol. The first kappa shape index (κ1) is 13.8. The first-order valence-electron chi connectivity index (χ1n) is 6.47. The molecular weight excluding hydrogens is 330 g/mol. The Balaban J connectivity index is 1.95. The number of nitrogens with zero attached hydrogens (tertiary/aromatic N) is 1. The smallest absolute Gasteiger partial charge is 0.363 e. The van der Waals surface area contributed by atoms with Crippen LogP contribution in [0.4, 0.5) is 0 Å². The molecule has 0 aromatic heterocycles. The van der Waals surface area contributed by atoms with E-state index in [1.54, 1.807) is 6.08 Å². The number of cyclic esters (lactones) is 1. The van der Waals surface area contributed by atoms with Gasteiger partial charge < -0.3 is 4.74 Å². The van der Waals surface area contributed by atoms with Crippen LogP contribution in [0.3, 0.4) is 0 Å². The summed E-state index contributed by atoms with van der Waals surface area (Å²) in [6, 6.07) is 15.4. The predicted molar refractivity (Wildman–Crippen MR) is 85.9 cm³/mol. The molecule has 0 bridgehead atoms. The maximum absolute atomic E-state index is 11.9. The number of halogens is 1. The second kappa shape index (κ2) is 5.66. The van der Waals surface area contributed by atoms with Gasteiger partial charge in [-0.3, -0.25) is 0 Å². The first-order valence-corrected chi connectivity index (χ1v) is 7.26. The largest absolute Gasteiger partial charge is 0.402 e. The monoisotopic (exact) mass is 341 g/mol. The van der Waals surface area contributed by atoms with Gasteiger partial charge in [0.15, 0.2) is 5.70 Å². The molecular formula is C17H12BrNO2. The van der Waals surface area contributed by atoms with E-state index in [1.165, 1.54) is 0 Å². The number of hydrogen-bond donors (Lipinski definition) is 0. The van der Waals surface area contributed by atoms with E-state index < -0.39 is 5.97 Å². The summed E-state index contributed by atoms with van der Waals surface area (Å²) in [5, 5.41) is 0. The molecule has 4 heteroatoms. The van der Waals surface area contributed by atoms with Gasteiger partial charge in [0, 0.05) is 10.0 Å².